The van der Waals surface area contributed by atoms with Gasteiger partial charge >= 0.3 is 5.97 Å². The standard InChI is InChI=1S/C11H13Cl2NO3/c1-17-3-2-14-10(11(15)16)7-4-8(12)6-9(13)5-7/h4-6,10,14H,2-3H2,1H3,(H,15,16). The van der Waals surface area contributed by atoms with Crippen molar-refractivity contribution in [1.29, 1.82) is 0 Å². The Balaban J connectivity index is 2.85. The fraction of sp³-hybridized carbons (Fsp3) is 0.364. The molecule has 0 saturated heterocycles. The number of rotatable bonds is 6. The zero-order chi connectivity index (χ0) is 12.8. The smallest absolute Gasteiger partial charge is 0.325 e. The van der Waals surface area contributed by atoms with Gasteiger partial charge < -0.3 is 9.84 Å². The van der Waals surface area contributed by atoms with E-state index in [0.717, 1.165) is 0 Å². The number of benzene rings is 1. The minimum absolute atomic E-state index is 0.410. The molecule has 0 fully saturated rings. The number of carbonyl (C=O) groups is 1. The lowest BCUT2D eigenvalue weighted by atomic mass is 10.1. The Labute approximate surface area is 109 Å². The first-order valence-corrected chi connectivity index (χ1v) is 5.71. The van der Waals surface area contributed by atoms with Crippen molar-refractivity contribution >= 4 is 29.2 Å². The average Bonchev–Trinajstić information content (AvgIpc) is 2.22. The summed E-state index contributed by atoms with van der Waals surface area (Å²) in [6.45, 7) is 0.857. The van der Waals surface area contributed by atoms with Crippen LogP contribution in [0.1, 0.15) is 11.6 Å². The lowest BCUT2D eigenvalue weighted by molar-refractivity contribution is -0.139. The van der Waals surface area contributed by atoms with Crippen LogP contribution in [0, 0.1) is 0 Å². The van der Waals surface area contributed by atoms with Crippen LogP contribution >= 0.6 is 23.2 Å². The summed E-state index contributed by atoms with van der Waals surface area (Å²) < 4.78 is 4.85. The highest BCUT2D eigenvalue weighted by molar-refractivity contribution is 6.34. The summed E-state index contributed by atoms with van der Waals surface area (Å²) in [7, 11) is 1.55. The van der Waals surface area contributed by atoms with Crippen LogP contribution in [-0.4, -0.2) is 31.3 Å². The minimum atomic E-state index is -0.987. The summed E-state index contributed by atoms with van der Waals surface area (Å²) in [5, 5.41) is 12.8. The van der Waals surface area contributed by atoms with Crippen molar-refractivity contribution in [2.75, 3.05) is 20.3 Å². The average molecular weight is 278 g/mol. The third-order valence-corrected chi connectivity index (χ3v) is 2.56. The fourth-order valence-corrected chi connectivity index (χ4v) is 1.94. The molecule has 17 heavy (non-hydrogen) atoms. The van der Waals surface area contributed by atoms with Crippen molar-refractivity contribution in [3.05, 3.63) is 33.8 Å². The molecule has 0 radical (unpaired) electrons. The third-order valence-electron chi connectivity index (χ3n) is 2.12. The van der Waals surface area contributed by atoms with E-state index in [1.165, 1.54) is 0 Å². The molecule has 1 aromatic rings. The van der Waals surface area contributed by atoms with E-state index in [1.54, 1.807) is 25.3 Å². The molecule has 1 atom stereocenters. The van der Waals surface area contributed by atoms with E-state index in [1.807, 2.05) is 0 Å². The van der Waals surface area contributed by atoms with Gasteiger partial charge in [-0.3, -0.25) is 10.1 Å². The maximum absolute atomic E-state index is 11.1. The topological polar surface area (TPSA) is 58.6 Å². The van der Waals surface area contributed by atoms with Crippen molar-refractivity contribution in [2.45, 2.75) is 6.04 Å². The van der Waals surface area contributed by atoms with E-state index in [0.29, 0.717) is 28.8 Å². The second-order valence-electron chi connectivity index (χ2n) is 3.42. The van der Waals surface area contributed by atoms with Crippen LogP contribution in [0.2, 0.25) is 10.0 Å². The van der Waals surface area contributed by atoms with Crippen LogP contribution in [0.5, 0.6) is 0 Å². The van der Waals surface area contributed by atoms with Crippen LogP contribution in [0.15, 0.2) is 18.2 Å². The first-order chi connectivity index (χ1) is 8.04. The Hall–Kier alpha value is -0.810. The Morgan fingerprint density at radius 1 is 1.41 bits per heavy atom. The third kappa shape index (κ3) is 4.52. The van der Waals surface area contributed by atoms with Crippen LogP contribution in [0.4, 0.5) is 0 Å². The summed E-state index contributed by atoms with van der Waals surface area (Å²) in [6.07, 6.45) is 0. The molecule has 0 bridgehead atoms. The van der Waals surface area contributed by atoms with Crippen molar-refractivity contribution in [3.8, 4) is 0 Å². The van der Waals surface area contributed by atoms with E-state index >= 15 is 0 Å². The predicted octanol–water partition coefficient (Wildman–Crippen LogP) is 2.36. The van der Waals surface area contributed by atoms with Crippen molar-refractivity contribution < 1.29 is 14.6 Å². The van der Waals surface area contributed by atoms with E-state index in [9.17, 15) is 4.79 Å². The summed E-state index contributed by atoms with van der Waals surface area (Å²) in [5.74, 6) is -0.987. The Morgan fingerprint density at radius 2 is 2.00 bits per heavy atom. The van der Waals surface area contributed by atoms with E-state index in [2.05, 4.69) is 5.32 Å². The maximum atomic E-state index is 11.1. The molecule has 2 N–H and O–H groups in total. The summed E-state index contributed by atoms with van der Waals surface area (Å²) in [6, 6.07) is 3.86. The van der Waals surface area contributed by atoms with Gasteiger partial charge in [0.2, 0.25) is 0 Å². The highest BCUT2D eigenvalue weighted by Gasteiger charge is 2.19. The van der Waals surface area contributed by atoms with Gasteiger partial charge in [-0.05, 0) is 23.8 Å². The number of carboxylic acid groups (broad SMARTS) is 1. The molecule has 0 aliphatic rings. The molecule has 0 aliphatic heterocycles. The van der Waals surface area contributed by atoms with Crippen LogP contribution in [0.25, 0.3) is 0 Å². The number of nitrogens with one attached hydrogen (secondary N) is 1. The Kier molecular flexibility index (Phi) is 5.71. The Bertz CT molecular complexity index is 378. The quantitative estimate of drug-likeness (QED) is 0.784. The SMILES string of the molecule is COCCNC(C(=O)O)c1cc(Cl)cc(Cl)c1. The number of methoxy groups -OCH3 is 1. The lowest BCUT2D eigenvalue weighted by Gasteiger charge is -2.15. The highest BCUT2D eigenvalue weighted by Crippen LogP contribution is 2.23. The van der Waals surface area contributed by atoms with E-state index in [4.69, 9.17) is 33.0 Å². The zero-order valence-electron chi connectivity index (χ0n) is 9.24. The van der Waals surface area contributed by atoms with Gasteiger partial charge in [-0.2, -0.15) is 0 Å². The molecular formula is C11H13Cl2NO3. The number of halogens is 2. The summed E-state index contributed by atoms with van der Waals surface area (Å²) in [5.41, 5.74) is 0.520. The molecule has 0 heterocycles. The van der Waals surface area contributed by atoms with Gasteiger partial charge in [0, 0.05) is 23.7 Å². The van der Waals surface area contributed by atoms with Crippen LogP contribution in [-0.2, 0) is 9.53 Å². The van der Waals surface area contributed by atoms with Gasteiger partial charge in [-0.1, -0.05) is 23.2 Å². The molecular weight excluding hydrogens is 265 g/mol. The van der Waals surface area contributed by atoms with Crippen LogP contribution in [0.3, 0.4) is 0 Å². The molecule has 1 rings (SSSR count). The maximum Gasteiger partial charge on any atom is 0.325 e. The molecule has 6 heteroatoms. The van der Waals surface area contributed by atoms with Gasteiger partial charge in [-0.15, -0.1) is 0 Å². The van der Waals surface area contributed by atoms with Gasteiger partial charge in [0.15, 0.2) is 0 Å². The van der Waals surface area contributed by atoms with Crippen molar-refractivity contribution in [2.24, 2.45) is 0 Å². The second-order valence-corrected chi connectivity index (χ2v) is 4.29. The molecule has 0 spiro atoms. The second kappa shape index (κ2) is 6.81. The minimum Gasteiger partial charge on any atom is -0.480 e. The monoisotopic (exact) mass is 277 g/mol. The van der Waals surface area contributed by atoms with Gasteiger partial charge in [-0.25, -0.2) is 0 Å². The molecule has 94 valence electrons. The summed E-state index contributed by atoms with van der Waals surface area (Å²) >= 11 is 11.7. The fourth-order valence-electron chi connectivity index (χ4n) is 1.39. The first-order valence-electron chi connectivity index (χ1n) is 4.95. The van der Waals surface area contributed by atoms with Crippen molar-refractivity contribution in [1.82, 2.24) is 5.32 Å². The molecule has 4 nitrogen and oxygen atoms in total. The lowest BCUT2D eigenvalue weighted by Crippen LogP contribution is -2.31. The number of ether oxygens (including phenoxy) is 1. The molecule has 0 aromatic heterocycles. The molecule has 1 aromatic carbocycles. The van der Waals surface area contributed by atoms with Crippen molar-refractivity contribution in [3.63, 3.8) is 0 Å². The first kappa shape index (κ1) is 14.3. The molecule has 0 aliphatic carbocycles. The Morgan fingerprint density at radius 3 is 2.47 bits per heavy atom. The van der Waals surface area contributed by atoms with Gasteiger partial charge in [0.05, 0.1) is 6.61 Å². The highest BCUT2D eigenvalue weighted by atomic mass is 35.5. The van der Waals surface area contributed by atoms with Crippen LogP contribution < -0.4 is 5.32 Å². The number of hydrogen-bond acceptors (Lipinski definition) is 3. The summed E-state index contributed by atoms with van der Waals surface area (Å²) in [4.78, 5) is 11.1. The molecule has 1 unspecified atom stereocenters. The van der Waals surface area contributed by atoms with E-state index in [-0.39, 0.29) is 0 Å². The van der Waals surface area contributed by atoms with Gasteiger partial charge in [0.25, 0.3) is 0 Å². The van der Waals surface area contributed by atoms with Gasteiger partial charge in [0.1, 0.15) is 6.04 Å². The largest absolute Gasteiger partial charge is 0.480 e. The normalized spacial score (nSPS) is 12.4. The number of aliphatic carboxylic acids is 1. The number of carboxylic acids is 1. The molecule has 0 saturated carbocycles. The zero-order valence-corrected chi connectivity index (χ0v) is 10.8. The molecule has 0 amide bonds. The number of hydrogen-bond donors (Lipinski definition) is 2. The predicted molar refractivity (Wildman–Crippen MR) is 66.7 cm³/mol. The van der Waals surface area contributed by atoms with E-state index < -0.39 is 12.0 Å².